The van der Waals surface area contributed by atoms with Crippen molar-refractivity contribution in [3.8, 4) is 16.9 Å². The summed E-state index contributed by atoms with van der Waals surface area (Å²) in [5, 5.41) is 0.839. The number of aromatic nitrogens is 2. The minimum Gasteiger partial charge on any atom is -0.497 e. The third-order valence-corrected chi connectivity index (χ3v) is 6.01. The van der Waals surface area contributed by atoms with Crippen LogP contribution in [-0.4, -0.2) is 25.5 Å². The van der Waals surface area contributed by atoms with Gasteiger partial charge in [-0.25, -0.2) is 18.4 Å². The molecule has 0 aliphatic carbocycles. The van der Waals surface area contributed by atoms with Gasteiger partial charge in [0.05, 0.1) is 17.7 Å². The van der Waals surface area contributed by atoms with E-state index in [1.54, 1.807) is 36.9 Å². The molecule has 9 heteroatoms. The maximum Gasteiger partial charge on any atom is 0.261 e. The molecule has 0 radical (unpaired) electrons. The van der Waals surface area contributed by atoms with Gasteiger partial charge < -0.3 is 9.15 Å². The summed E-state index contributed by atoms with van der Waals surface area (Å²) in [6, 6.07) is 9.59. The largest absolute Gasteiger partial charge is 0.497 e. The molecule has 7 nitrogen and oxygen atoms in total. The van der Waals surface area contributed by atoms with Crippen LogP contribution in [0, 0.1) is 6.92 Å². The summed E-state index contributed by atoms with van der Waals surface area (Å²) in [4.78, 5) is 8.45. The molecule has 0 bridgehead atoms. The predicted octanol–water partition coefficient (Wildman–Crippen LogP) is 4.66. The Morgan fingerprint density at radius 2 is 1.86 bits per heavy atom. The Hall–Kier alpha value is -3.10. The number of hydrogen-bond acceptors (Lipinski definition) is 6. The molecule has 0 aliphatic rings. The van der Waals surface area contributed by atoms with E-state index in [4.69, 9.17) is 20.8 Å². The van der Waals surface area contributed by atoms with Gasteiger partial charge in [-0.3, -0.25) is 4.72 Å². The van der Waals surface area contributed by atoms with Crippen LogP contribution in [0.25, 0.3) is 22.2 Å². The lowest BCUT2D eigenvalue weighted by Gasteiger charge is -2.11. The number of fused-ring (bicyclic) bond motifs is 1. The highest BCUT2D eigenvalue weighted by Crippen LogP contribution is 2.33. The van der Waals surface area contributed by atoms with Crippen molar-refractivity contribution in [2.45, 2.75) is 11.8 Å². The van der Waals surface area contributed by atoms with Gasteiger partial charge in [0.2, 0.25) is 5.71 Å². The van der Waals surface area contributed by atoms with Crippen molar-refractivity contribution in [1.82, 2.24) is 9.97 Å². The van der Waals surface area contributed by atoms with E-state index in [0.29, 0.717) is 17.0 Å². The monoisotopic (exact) mass is 429 g/mol. The highest BCUT2D eigenvalue weighted by molar-refractivity contribution is 7.92. The molecule has 0 amide bonds. The fraction of sp³-hybridized carbons (Fsp3) is 0.100. The number of furan rings is 1. The van der Waals surface area contributed by atoms with Crippen molar-refractivity contribution >= 4 is 38.4 Å². The maximum atomic E-state index is 12.7. The van der Waals surface area contributed by atoms with Gasteiger partial charge in [0.25, 0.3) is 10.0 Å². The minimum absolute atomic E-state index is 0.0351. The van der Waals surface area contributed by atoms with Crippen molar-refractivity contribution < 1.29 is 17.6 Å². The van der Waals surface area contributed by atoms with E-state index in [1.165, 1.54) is 19.2 Å². The highest BCUT2D eigenvalue weighted by Gasteiger charge is 2.18. The number of sulfonamides is 1. The molecule has 0 spiro atoms. The van der Waals surface area contributed by atoms with E-state index in [9.17, 15) is 8.42 Å². The smallest absolute Gasteiger partial charge is 0.261 e. The fourth-order valence-electron chi connectivity index (χ4n) is 2.87. The van der Waals surface area contributed by atoms with Crippen LogP contribution in [0.2, 0.25) is 5.15 Å². The Morgan fingerprint density at radius 3 is 2.59 bits per heavy atom. The molecule has 1 aromatic carbocycles. The van der Waals surface area contributed by atoms with Crippen LogP contribution >= 0.6 is 11.6 Å². The van der Waals surface area contributed by atoms with Crippen molar-refractivity contribution in [2.75, 3.05) is 11.8 Å². The first kappa shape index (κ1) is 19.2. The molecule has 0 fully saturated rings. The van der Waals surface area contributed by atoms with Crippen LogP contribution in [0.3, 0.4) is 0 Å². The lowest BCUT2D eigenvalue weighted by molar-refractivity contribution is 0.414. The first-order chi connectivity index (χ1) is 13.9. The molecule has 0 saturated carbocycles. The average Bonchev–Trinajstić information content (AvgIpc) is 3.12. The van der Waals surface area contributed by atoms with E-state index in [0.717, 1.165) is 16.5 Å². The summed E-state index contributed by atoms with van der Waals surface area (Å²) in [7, 11) is -2.35. The molecular formula is C20H16ClN3O4S. The Kier molecular flexibility index (Phi) is 4.89. The van der Waals surface area contributed by atoms with Crippen molar-refractivity contribution in [3.63, 3.8) is 0 Å². The van der Waals surface area contributed by atoms with Crippen LogP contribution in [0.1, 0.15) is 5.56 Å². The van der Waals surface area contributed by atoms with Crippen LogP contribution in [0.15, 0.2) is 64.4 Å². The van der Waals surface area contributed by atoms with Crippen LogP contribution < -0.4 is 9.46 Å². The number of aryl methyl sites for hydroxylation is 1. The zero-order valence-corrected chi connectivity index (χ0v) is 17.1. The summed E-state index contributed by atoms with van der Waals surface area (Å²) in [6.45, 7) is 1.93. The quantitative estimate of drug-likeness (QED) is 0.463. The van der Waals surface area contributed by atoms with E-state index in [-0.39, 0.29) is 15.7 Å². The van der Waals surface area contributed by atoms with Gasteiger partial charge in [-0.1, -0.05) is 11.6 Å². The number of nitrogens with one attached hydrogen (secondary N) is 1. The molecule has 0 aliphatic heterocycles. The molecule has 1 N–H and O–H groups in total. The molecule has 0 atom stereocenters. The van der Waals surface area contributed by atoms with E-state index in [2.05, 4.69) is 14.7 Å². The van der Waals surface area contributed by atoms with Crippen molar-refractivity contribution in [3.05, 3.63) is 65.8 Å². The van der Waals surface area contributed by atoms with Gasteiger partial charge in [-0.05, 0) is 48.9 Å². The Balaban J connectivity index is 1.72. The summed E-state index contributed by atoms with van der Waals surface area (Å²) < 4.78 is 38.5. The second kappa shape index (κ2) is 7.38. The third kappa shape index (κ3) is 3.76. The molecule has 29 heavy (non-hydrogen) atoms. The summed E-state index contributed by atoms with van der Waals surface area (Å²) in [5.74, 6) is 0.557. The number of ether oxygens (including phenoxy) is 1. The number of nitrogens with zero attached hydrogens (tertiary/aromatic N) is 2. The van der Waals surface area contributed by atoms with Gasteiger partial charge in [-0.15, -0.1) is 0 Å². The topological polar surface area (TPSA) is 94.3 Å². The van der Waals surface area contributed by atoms with E-state index < -0.39 is 10.0 Å². The van der Waals surface area contributed by atoms with Crippen molar-refractivity contribution in [1.29, 1.82) is 0 Å². The molecule has 0 saturated heterocycles. The Labute approximate surface area is 172 Å². The number of rotatable bonds is 5. The van der Waals surface area contributed by atoms with E-state index in [1.807, 2.05) is 13.0 Å². The zero-order valence-electron chi connectivity index (χ0n) is 15.5. The molecule has 0 unspecified atom stereocenters. The summed E-state index contributed by atoms with van der Waals surface area (Å²) in [6.07, 6.45) is 4.83. The van der Waals surface area contributed by atoms with Gasteiger partial charge in [0.15, 0.2) is 5.15 Å². The molecule has 4 aromatic rings. The molecule has 4 rings (SSSR count). The van der Waals surface area contributed by atoms with Crippen LogP contribution in [0.4, 0.5) is 5.69 Å². The number of halogens is 1. The predicted molar refractivity (Wildman–Crippen MR) is 111 cm³/mol. The second-order valence-electron chi connectivity index (χ2n) is 6.36. The molecule has 3 heterocycles. The van der Waals surface area contributed by atoms with Gasteiger partial charge >= 0.3 is 0 Å². The summed E-state index contributed by atoms with van der Waals surface area (Å²) >= 11 is 6.15. The Morgan fingerprint density at radius 1 is 1.10 bits per heavy atom. The minimum atomic E-state index is -3.86. The van der Waals surface area contributed by atoms with Gasteiger partial charge in [-0.2, -0.15) is 0 Å². The maximum absolute atomic E-state index is 12.7. The molecule has 3 aromatic heterocycles. The zero-order chi connectivity index (χ0) is 20.6. The van der Waals surface area contributed by atoms with Crippen molar-refractivity contribution in [2.24, 2.45) is 0 Å². The third-order valence-electron chi connectivity index (χ3n) is 4.33. The fourth-order valence-corrected chi connectivity index (χ4v) is 4.13. The van der Waals surface area contributed by atoms with Crippen LogP contribution in [0.5, 0.6) is 5.75 Å². The number of hydrogen-bond donors (Lipinski definition) is 1. The highest BCUT2D eigenvalue weighted by atomic mass is 35.5. The SMILES string of the molecule is COc1ccc(S(=O)(=O)Nc2cc(-c3coc4ncc(C)cc34)cnc2Cl)cc1. The number of methoxy groups -OCH3 is 1. The first-order valence-electron chi connectivity index (χ1n) is 8.54. The lowest BCUT2D eigenvalue weighted by Crippen LogP contribution is -2.13. The molecule has 148 valence electrons. The van der Waals surface area contributed by atoms with Crippen LogP contribution in [-0.2, 0) is 10.0 Å². The lowest BCUT2D eigenvalue weighted by atomic mass is 10.1. The van der Waals surface area contributed by atoms with E-state index >= 15 is 0 Å². The number of pyridine rings is 2. The Bertz CT molecular complexity index is 1300. The standard InChI is InChI=1S/C20H16ClN3O4S/c1-12-7-16-17(11-28-20(16)23-9-12)13-8-18(19(21)22-10-13)24-29(25,26)15-5-3-14(27-2)4-6-15/h3-11,24H,1-2H3. The normalized spacial score (nSPS) is 11.6. The average molecular weight is 430 g/mol. The van der Waals surface area contributed by atoms with Gasteiger partial charge in [0, 0.05) is 28.9 Å². The number of benzene rings is 1. The van der Waals surface area contributed by atoms with Gasteiger partial charge in [0.1, 0.15) is 12.0 Å². The molecular weight excluding hydrogens is 414 g/mol. The number of anilines is 1. The summed E-state index contributed by atoms with van der Waals surface area (Å²) in [5.41, 5.74) is 3.01. The first-order valence-corrected chi connectivity index (χ1v) is 10.4. The second-order valence-corrected chi connectivity index (χ2v) is 8.40.